The fraction of sp³-hybridized carbons (Fsp3) is 0. The van der Waals surface area contributed by atoms with Crippen molar-refractivity contribution >= 4 is 65.4 Å². The highest BCUT2D eigenvalue weighted by atomic mass is 16.3. The Morgan fingerprint density at radius 2 is 0.769 bits per heavy atom. The molecule has 2 heteroatoms. The van der Waals surface area contributed by atoms with Crippen molar-refractivity contribution < 1.29 is 8.83 Å². The Labute approximate surface area is 299 Å². The lowest BCUT2D eigenvalue weighted by Gasteiger charge is -2.18. The smallest absolute Gasteiger partial charge is 0.143 e. The summed E-state index contributed by atoms with van der Waals surface area (Å²) < 4.78 is 13.0. The summed E-state index contributed by atoms with van der Waals surface area (Å²) in [5.41, 5.74) is 12.9. The van der Waals surface area contributed by atoms with E-state index in [-0.39, 0.29) is 0 Å². The lowest BCUT2D eigenvalue weighted by Crippen LogP contribution is -1.91. The molecule has 0 radical (unpaired) electrons. The average molecular weight is 663 g/mol. The molecule has 2 nitrogen and oxygen atoms in total. The lowest BCUT2D eigenvalue weighted by atomic mass is 9.85. The first-order valence-electron chi connectivity index (χ1n) is 17.8. The van der Waals surface area contributed by atoms with Crippen LogP contribution in [-0.2, 0) is 0 Å². The topological polar surface area (TPSA) is 26.3 Å². The van der Waals surface area contributed by atoms with E-state index in [1.54, 1.807) is 0 Å². The maximum Gasteiger partial charge on any atom is 0.143 e. The molecule has 11 rings (SSSR count). The molecule has 0 saturated heterocycles. The number of hydrogen-bond acceptors (Lipinski definition) is 2. The SMILES string of the molecule is c1ccc(-c2c3ccccc3c(-c3cccc(-c4ccc(-c5ccc6c(c5)oc5ccccc56)c5oc6ccccc6c45)c3)c3ccccc23)cc1. The van der Waals surface area contributed by atoms with E-state index in [0.717, 1.165) is 66.1 Å². The van der Waals surface area contributed by atoms with Crippen LogP contribution in [0.15, 0.2) is 191 Å². The van der Waals surface area contributed by atoms with Gasteiger partial charge in [0, 0.05) is 27.1 Å². The van der Waals surface area contributed by atoms with Crippen LogP contribution >= 0.6 is 0 Å². The second-order valence-electron chi connectivity index (χ2n) is 13.6. The minimum absolute atomic E-state index is 0.873. The Morgan fingerprint density at radius 1 is 0.269 bits per heavy atom. The molecule has 0 spiro atoms. The Hall–Kier alpha value is -6.90. The molecule has 0 atom stereocenters. The molecule has 0 amide bonds. The van der Waals surface area contributed by atoms with Gasteiger partial charge in [-0.05, 0) is 96.9 Å². The predicted molar refractivity (Wildman–Crippen MR) is 218 cm³/mol. The van der Waals surface area contributed by atoms with Crippen molar-refractivity contribution in [2.75, 3.05) is 0 Å². The maximum absolute atomic E-state index is 6.73. The van der Waals surface area contributed by atoms with Gasteiger partial charge in [-0.3, -0.25) is 0 Å². The molecule has 0 N–H and O–H groups in total. The third kappa shape index (κ3) is 4.31. The van der Waals surface area contributed by atoms with Crippen LogP contribution in [0, 0.1) is 0 Å². The Kier molecular flexibility index (Phi) is 6.28. The van der Waals surface area contributed by atoms with Crippen LogP contribution in [0.3, 0.4) is 0 Å². The minimum Gasteiger partial charge on any atom is -0.456 e. The van der Waals surface area contributed by atoms with Crippen LogP contribution in [-0.4, -0.2) is 0 Å². The number of fused-ring (bicyclic) bond motifs is 8. The van der Waals surface area contributed by atoms with Crippen LogP contribution < -0.4 is 0 Å². The van der Waals surface area contributed by atoms with Crippen LogP contribution in [0.25, 0.3) is 110 Å². The van der Waals surface area contributed by atoms with Crippen molar-refractivity contribution in [1.29, 1.82) is 0 Å². The molecule has 0 aliphatic rings. The molecule has 11 aromatic rings. The van der Waals surface area contributed by atoms with Crippen LogP contribution in [0.2, 0.25) is 0 Å². The molecule has 2 heterocycles. The average Bonchev–Trinajstić information content (AvgIpc) is 3.78. The number of para-hydroxylation sites is 2. The molecule has 0 unspecified atom stereocenters. The largest absolute Gasteiger partial charge is 0.456 e. The molecule has 0 saturated carbocycles. The summed E-state index contributed by atoms with van der Waals surface area (Å²) >= 11 is 0. The summed E-state index contributed by atoms with van der Waals surface area (Å²) in [6.07, 6.45) is 0. The molecular weight excluding hydrogens is 633 g/mol. The van der Waals surface area contributed by atoms with Crippen molar-refractivity contribution in [2.45, 2.75) is 0 Å². The van der Waals surface area contributed by atoms with E-state index in [1.807, 2.05) is 18.2 Å². The first-order chi connectivity index (χ1) is 25.8. The van der Waals surface area contributed by atoms with E-state index in [4.69, 9.17) is 8.83 Å². The van der Waals surface area contributed by atoms with E-state index in [9.17, 15) is 0 Å². The lowest BCUT2D eigenvalue weighted by molar-refractivity contribution is 0.668. The van der Waals surface area contributed by atoms with Crippen LogP contribution in [0.5, 0.6) is 0 Å². The predicted octanol–water partition coefficient (Wildman–Crippen LogP) is 14.5. The summed E-state index contributed by atoms with van der Waals surface area (Å²) in [5.74, 6) is 0. The van der Waals surface area contributed by atoms with Crippen molar-refractivity contribution in [3.8, 4) is 44.5 Å². The Bertz CT molecular complexity index is 3120. The van der Waals surface area contributed by atoms with Crippen molar-refractivity contribution in [3.05, 3.63) is 182 Å². The second kappa shape index (κ2) is 11.3. The summed E-state index contributed by atoms with van der Waals surface area (Å²) in [4.78, 5) is 0. The van der Waals surface area contributed by atoms with Gasteiger partial charge in [0.25, 0.3) is 0 Å². The standard InChI is InChI=1S/C50H30O2/c1-2-13-31(14-3-1)47-39-18-4-6-20-41(39)48(42-21-7-5-19-40(42)47)34-16-12-15-32(29-34)35-27-28-36(50-49(35)43-22-9-11-24-45(43)52-50)33-25-26-38-37-17-8-10-23-44(37)51-46(38)30-33/h1-30H. The number of furan rings is 2. The second-order valence-corrected chi connectivity index (χ2v) is 13.6. The summed E-state index contributed by atoms with van der Waals surface area (Å²) in [6, 6.07) is 65.0. The number of rotatable bonds is 4. The molecule has 52 heavy (non-hydrogen) atoms. The van der Waals surface area contributed by atoms with Gasteiger partial charge in [-0.2, -0.15) is 0 Å². The highest BCUT2D eigenvalue weighted by Crippen LogP contribution is 2.46. The van der Waals surface area contributed by atoms with Crippen molar-refractivity contribution in [1.82, 2.24) is 0 Å². The number of benzene rings is 9. The fourth-order valence-corrected chi connectivity index (χ4v) is 8.39. The van der Waals surface area contributed by atoms with Crippen LogP contribution in [0.4, 0.5) is 0 Å². The molecule has 2 aromatic heterocycles. The van der Waals surface area contributed by atoms with Gasteiger partial charge < -0.3 is 8.83 Å². The summed E-state index contributed by atoms with van der Waals surface area (Å²) in [7, 11) is 0. The van der Waals surface area contributed by atoms with Crippen molar-refractivity contribution in [3.63, 3.8) is 0 Å². The molecule has 0 bridgehead atoms. The third-order valence-electron chi connectivity index (χ3n) is 10.7. The Balaban J connectivity index is 1.14. The van der Waals surface area contributed by atoms with Gasteiger partial charge in [-0.15, -0.1) is 0 Å². The van der Waals surface area contributed by atoms with E-state index >= 15 is 0 Å². The quantitative estimate of drug-likeness (QED) is 0.175. The van der Waals surface area contributed by atoms with Gasteiger partial charge >= 0.3 is 0 Å². The monoisotopic (exact) mass is 662 g/mol. The first kappa shape index (κ1) is 28.9. The van der Waals surface area contributed by atoms with Gasteiger partial charge in [0.2, 0.25) is 0 Å². The van der Waals surface area contributed by atoms with Gasteiger partial charge in [-0.1, -0.05) is 146 Å². The fourth-order valence-electron chi connectivity index (χ4n) is 8.39. The zero-order valence-corrected chi connectivity index (χ0v) is 28.1. The molecule has 0 aliphatic heterocycles. The summed E-state index contributed by atoms with van der Waals surface area (Å²) in [5, 5.41) is 9.45. The van der Waals surface area contributed by atoms with Gasteiger partial charge in [0.15, 0.2) is 0 Å². The minimum atomic E-state index is 0.873. The van der Waals surface area contributed by atoms with Crippen LogP contribution in [0.1, 0.15) is 0 Å². The van der Waals surface area contributed by atoms with Gasteiger partial charge in [0.1, 0.15) is 22.3 Å². The number of hydrogen-bond donors (Lipinski definition) is 0. The Morgan fingerprint density at radius 3 is 1.48 bits per heavy atom. The normalized spacial score (nSPS) is 11.8. The highest BCUT2D eigenvalue weighted by molar-refractivity contribution is 6.22. The maximum atomic E-state index is 6.73. The van der Waals surface area contributed by atoms with E-state index < -0.39 is 0 Å². The van der Waals surface area contributed by atoms with E-state index in [1.165, 1.54) is 43.8 Å². The van der Waals surface area contributed by atoms with Crippen molar-refractivity contribution in [2.24, 2.45) is 0 Å². The van der Waals surface area contributed by atoms with Gasteiger partial charge in [0.05, 0.1) is 0 Å². The van der Waals surface area contributed by atoms with Gasteiger partial charge in [-0.25, -0.2) is 0 Å². The zero-order chi connectivity index (χ0) is 34.2. The molecule has 0 fully saturated rings. The third-order valence-corrected chi connectivity index (χ3v) is 10.7. The zero-order valence-electron chi connectivity index (χ0n) is 28.1. The molecule has 242 valence electrons. The van der Waals surface area contributed by atoms with E-state index in [0.29, 0.717) is 0 Å². The summed E-state index contributed by atoms with van der Waals surface area (Å²) in [6.45, 7) is 0. The molecular formula is C50H30O2. The first-order valence-corrected chi connectivity index (χ1v) is 17.8. The molecule has 0 aliphatic carbocycles. The van der Waals surface area contributed by atoms with E-state index in [2.05, 4.69) is 164 Å². The molecule has 9 aromatic carbocycles. The highest BCUT2D eigenvalue weighted by Gasteiger charge is 2.20.